The van der Waals surface area contributed by atoms with Crippen LogP contribution in [0.25, 0.3) is 11.3 Å². The van der Waals surface area contributed by atoms with Crippen LogP contribution in [0.3, 0.4) is 0 Å². The summed E-state index contributed by atoms with van der Waals surface area (Å²) in [4.78, 5) is 8.63. The third-order valence-electron chi connectivity index (χ3n) is 4.33. The number of hydrogen-bond acceptors (Lipinski definition) is 7. The summed E-state index contributed by atoms with van der Waals surface area (Å²) in [6.45, 7) is 4.37. The van der Waals surface area contributed by atoms with Crippen molar-refractivity contribution in [2.75, 3.05) is 17.9 Å². The summed E-state index contributed by atoms with van der Waals surface area (Å²) in [6, 6.07) is 9.45. The maximum atomic E-state index is 12.7. The van der Waals surface area contributed by atoms with Crippen molar-refractivity contribution in [2.24, 2.45) is 7.05 Å². The van der Waals surface area contributed by atoms with E-state index in [1.165, 1.54) is 17.1 Å². The van der Waals surface area contributed by atoms with Crippen LogP contribution in [-0.2, 0) is 17.1 Å². The summed E-state index contributed by atoms with van der Waals surface area (Å²) in [5, 5.41) is 12.9. The Morgan fingerprint density at radius 1 is 1.23 bits per heavy atom. The van der Waals surface area contributed by atoms with Gasteiger partial charge in [-0.15, -0.1) is 0 Å². The van der Waals surface area contributed by atoms with Gasteiger partial charge in [0.1, 0.15) is 4.90 Å². The lowest BCUT2D eigenvalue weighted by atomic mass is 9.95. The summed E-state index contributed by atoms with van der Waals surface area (Å²) in [6.07, 6.45) is 3.07. The molecular weight excluding hydrogens is 406 g/mol. The number of ether oxygens (including phenoxy) is 1. The maximum absolute atomic E-state index is 12.7. The van der Waals surface area contributed by atoms with Crippen LogP contribution < -0.4 is 9.46 Å². The number of rotatable bonds is 9. The van der Waals surface area contributed by atoms with Gasteiger partial charge in [-0.25, -0.2) is 18.1 Å². The van der Waals surface area contributed by atoms with Gasteiger partial charge in [0.15, 0.2) is 0 Å². The predicted molar refractivity (Wildman–Crippen MR) is 113 cm³/mol. The highest BCUT2D eigenvalue weighted by Gasteiger charge is 2.20. The van der Waals surface area contributed by atoms with Crippen molar-refractivity contribution < 1.29 is 18.3 Å². The Labute approximate surface area is 175 Å². The van der Waals surface area contributed by atoms with Gasteiger partial charge in [0.25, 0.3) is 10.0 Å². The maximum Gasteiger partial charge on any atom is 0.267 e. The standard InChI is InChI=1S/C20H25N5O4S/c1-14(2)16-7-4-5-8-17(16)18-11-19(29-10-6-9-26)23-20(22-18)24-30(27,28)15-12-21-25(3)13-15/h4-5,7-8,11-14,26H,6,9-10H2,1-3H3,(H,22,23,24). The monoisotopic (exact) mass is 431 g/mol. The zero-order valence-corrected chi connectivity index (χ0v) is 17.9. The van der Waals surface area contributed by atoms with Crippen molar-refractivity contribution >= 4 is 16.0 Å². The Balaban J connectivity index is 2.03. The second-order valence-corrected chi connectivity index (χ2v) is 8.72. The number of aromatic nitrogens is 4. The van der Waals surface area contributed by atoms with Gasteiger partial charge >= 0.3 is 0 Å². The van der Waals surface area contributed by atoms with E-state index in [4.69, 9.17) is 9.84 Å². The van der Waals surface area contributed by atoms with Crippen LogP contribution >= 0.6 is 0 Å². The average Bonchev–Trinajstić information content (AvgIpc) is 3.15. The third kappa shape index (κ3) is 5.14. The SMILES string of the molecule is CC(C)c1ccccc1-c1cc(OCCCO)nc(NS(=O)(=O)c2cnn(C)c2)n1. The quantitative estimate of drug-likeness (QED) is 0.500. The van der Waals surface area contributed by atoms with E-state index in [9.17, 15) is 8.42 Å². The number of aliphatic hydroxyl groups is 1. The fourth-order valence-corrected chi connectivity index (χ4v) is 3.80. The topological polar surface area (TPSA) is 119 Å². The minimum atomic E-state index is -3.91. The first-order valence-electron chi connectivity index (χ1n) is 9.53. The van der Waals surface area contributed by atoms with Crippen molar-refractivity contribution in [3.8, 4) is 17.1 Å². The van der Waals surface area contributed by atoms with Crippen molar-refractivity contribution in [1.82, 2.24) is 19.7 Å². The van der Waals surface area contributed by atoms with Crippen molar-refractivity contribution in [3.05, 3.63) is 48.3 Å². The molecule has 0 atom stereocenters. The molecule has 2 aromatic heterocycles. The number of hydrogen-bond donors (Lipinski definition) is 2. The molecule has 3 aromatic rings. The van der Waals surface area contributed by atoms with Gasteiger partial charge in [-0.3, -0.25) is 4.68 Å². The first kappa shape index (κ1) is 21.7. The van der Waals surface area contributed by atoms with Crippen molar-refractivity contribution in [1.29, 1.82) is 0 Å². The second-order valence-electron chi connectivity index (χ2n) is 7.04. The lowest BCUT2D eigenvalue weighted by molar-refractivity contribution is 0.229. The highest BCUT2D eigenvalue weighted by Crippen LogP contribution is 2.30. The van der Waals surface area contributed by atoms with E-state index < -0.39 is 10.0 Å². The zero-order chi connectivity index (χ0) is 21.7. The molecule has 0 fully saturated rings. The largest absolute Gasteiger partial charge is 0.477 e. The first-order chi connectivity index (χ1) is 14.3. The zero-order valence-electron chi connectivity index (χ0n) is 17.1. The molecule has 30 heavy (non-hydrogen) atoms. The Kier molecular flexibility index (Phi) is 6.68. The number of sulfonamides is 1. The van der Waals surface area contributed by atoms with Gasteiger partial charge in [-0.2, -0.15) is 10.1 Å². The molecular formula is C20H25N5O4S. The molecule has 0 amide bonds. The highest BCUT2D eigenvalue weighted by atomic mass is 32.2. The van der Waals surface area contributed by atoms with Crippen LogP contribution in [0.2, 0.25) is 0 Å². The van der Waals surface area contributed by atoms with Crippen LogP contribution in [0, 0.1) is 0 Å². The molecule has 0 unspecified atom stereocenters. The molecule has 1 aromatic carbocycles. The third-order valence-corrected chi connectivity index (χ3v) is 5.61. The summed E-state index contributed by atoms with van der Waals surface area (Å²) in [5.41, 5.74) is 2.47. The van der Waals surface area contributed by atoms with Gasteiger partial charge in [-0.1, -0.05) is 38.1 Å². The van der Waals surface area contributed by atoms with Crippen LogP contribution in [0.4, 0.5) is 5.95 Å². The minimum absolute atomic E-state index is 0.00401. The van der Waals surface area contributed by atoms with Crippen LogP contribution in [0.5, 0.6) is 5.88 Å². The van der Waals surface area contributed by atoms with E-state index in [0.29, 0.717) is 12.1 Å². The van der Waals surface area contributed by atoms with E-state index in [2.05, 4.69) is 33.6 Å². The molecule has 2 N–H and O–H groups in total. The predicted octanol–water partition coefficient (Wildman–Crippen LogP) is 2.56. The van der Waals surface area contributed by atoms with Gasteiger partial charge in [0.2, 0.25) is 11.8 Å². The van der Waals surface area contributed by atoms with Gasteiger partial charge in [0.05, 0.1) is 18.5 Å². The summed E-state index contributed by atoms with van der Waals surface area (Å²) < 4.78 is 34.8. The average molecular weight is 432 g/mol. The van der Waals surface area contributed by atoms with Crippen LogP contribution in [0.1, 0.15) is 31.7 Å². The lowest BCUT2D eigenvalue weighted by Gasteiger charge is -2.14. The minimum Gasteiger partial charge on any atom is -0.477 e. The van der Waals surface area contributed by atoms with E-state index in [0.717, 1.165) is 11.1 Å². The van der Waals surface area contributed by atoms with E-state index >= 15 is 0 Å². The number of aryl methyl sites for hydroxylation is 1. The van der Waals surface area contributed by atoms with Crippen LogP contribution in [0.15, 0.2) is 47.6 Å². The lowest BCUT2D eigenvalue weighted by Crippen LogP contribution is -2.15. The molecule has 0 radical (unpaired) electrons. The van der Waals surface area contributed by atoms with Gasteiger partial charge in [-0.05, 0) is 11.5 Å². The van der Waals surface area contributed by atoms with E-state index in [-0.39, 0.29) is 35.9 Å². The van der Waals surface area contributed by atoms with Crippen molar-refractivity contribution in [3.63, 3.8) is 0 Å². The first-order valence-corrected chi connectivity index (χ1v) is 11.0. The molecule has 0 aliphatic heterocycles. The second kappa shape index (κ2) is 9.23. The molecule has 0 spiro atoms. The molecule has 0 bridgehead atoms. The molecule has 0 aliphatic carbocycles. The fraction of sp³-hybridized carbons (Fsp3) is 0.350. The Morgan fingerprint density at radius 2 is 2.00 bits per heavy atom. The summed E-state index contributed by atoms with van der Waals surface area (Å²) in [5.74, 6) is 0.357. The molecule has 10 heteroatoms. The number of anilines is 1. The van der Waals surface area contributed by atoms with E-state index in [1.54, 1.807) is 13.1 Å². The molecule has 0 saturated heterocycles. The number of aliphatic hydroxyl groups excluding tert-OH is 1. The molecule has 0 saturated carbocycles. The van der Waals surface area contributed by atoms with E-state index in [1.807, 2.05) is 24.3 Å². The normalized spacial score (nSPS) is 11.6. The number of benzene rings is 1. The summed E-state index contributed by atoms with van der Waals surface area (Å²) in [7, 11) is -2.28. The highest BCUT2D eigenvalue weighted by molar-refractivity contribution is 7.92. The Hall–Kier alpha value is -2.98. The Morgan fingerprint density at radius 3 is 2.67 bits per heavy atom. The fourth-order valence-electron chi connectivity index (χ4n) is 2.87. The molecule has 0 aliphatic rings. The molecule has 9 nitrogen and oxygen atoms in total. The van der Waals surface area contributed by atoms with Crippen LogP contribution in [-0.4, -0.2) is 46.5 Å². The number of nitrogens with one attached hydrogen (secondary N) is 1. The summed E-state index contributed by atoms with van der Waals surface area (Å²) >= 11 is 0. The molecule has 160 valence electrons. The molecule has 3 rings (SSSR count). The number of nitrogens with zero attached hydrogens (tertiary/aromatic N) is 4. The van der Waals surface area contributed by atoms with Gasteiger partial charge in [0, 0.05) is 37.9 Å². The van der Waals surface area contributed by atoms with Crippen molar-refractivity contribution in [2.45, 2.75) is 31.1 Å². The Bertz CT molecular complexity index is 1110. The molecule has 2 heterocycles. The smallest absolute Gasteiger partial charge is 0.267 e. The van der Waals surface area contributed by atoms with Gasteiger partial charge < -0.3 is 9.84 Å².